The summed E-state index contributed by atoms with van der Waals surface area (Å²) < 4.78 is 10.8. The van der Waals surface area contributed by atoms with Crippen LogP contribution in [0.2, 0.25) is 0 Å². The summed E-state index contributed by atoms with van der Waals surface area (Å²) in [4.78, 5) is 14.1. The number of carbonyl (C=O) groups excluding carboxylic acids is 1. The monoisotopic (exact) mass is 231 g/mol. The maximum atomic E-state index is 12.0. The molecular weight excluding hydrogens is 218 g/mol. The first-order valence-electron chi connectivity index (χ1n) is 5.70. The van der Waals surface area contributed by atoms with E-state index in [9.17, 15) is 4.79 Å². The number of ketones is 1. The van der Waals surface area contributed by atoms with Gasteiger partial charge in [0.25, 0.3) is 0 Å². The molecule has 1 aromatic carbocycles. The Bertz CT molecular complexity index is 475. The van der Waals surface area contributed by atoms with Crippen molar-refractivity contribution >= 4 is 5.78 Å². The summed E-state index contributed by atoms with van der Waals surface area (Å²) in [7, 11) is 0. The first kappa shape index (κ1) is 10.4. The summed E-state index contributed by atoms with van der Waals surface area (Å²) in [6.45, 7) is 3.00. The van der Waals surface area contributed by atoms with E-state index in [0.717, 1.165) is 13.1 Å². The van der Waals surface area contributed by atoms with E-state index < -0.39 is 0 Å². The van der Waals surface area contributed by atoms with Gasteiger partial charge in [0.15, 0.2) is 5.76 Å². The Balaban J connectivity index is 1.83. The molecule has 17 heavy (non-hydrogen) atoms. The summed E-state index contributed by atoms with van der Waals surface area (Å²) in [5.41, 5.74) is 0.645. The fraction of sp³-hybridized carbons (Fsp3) is 0.308. The summed E-state index contributed by atoms with van der Waals surface area (Å²) in [6.07, 6.45) is 1.80. The molecule has 0 aromatic heterocycles. The number of hydrogen-bond donors (Lipinski definition) is 0. The maximum absolute atomic E-state index is 12.0. The van der Waals surface area contributed by atoms with Gasteiger partial charge in [-0.05, 0) is 12.1 Å². The quantitative estimate of drug-likeness (QED) is 0.685. The van der Waals surface area contributed by atoms with E-state index in [1.54, 1.807) is 12.3 Å². The summed E-state index contributed by atoms with van der Waals surface area (Å²) in [6, 6.07) is 7.31. The van der Waals surface area contributed by atoms with Crippen LogP contribution in [-0.2, 0) is 4.74 Å². The van der Waals surface area contributed by atoms with Gasteiger partial charge in [0, 0.05) is 19.3 Å². The highest BCUT2D eigenvalue weighted by atomic mass is 16.5. The smallest absolute Gasteiger partial charge is 0.233 e. The number of benzene rings is 1. The van der Waals surface area contributed by atoms with Crippen LogP contribution in [0, 0.1) is 0 Å². The number of morpholine rings is 1. The normalized spacial score (nSPS) is 21.5. The lowest BCUT2D eigenvalue weighted by molar-refractivity contribution is 0.0577. The molecule has 4 heteroatoms. The zero-order valence-corrected chi connectivity index (χ0v) is 9.39. The standard InChI is InChI=1S/C13H13NO3/c15-13-10-3-1-2-4-11(10)17-12(13)9-14-5-7-16-8-6-14/h1-4,9H,5-8H2/b12-9-. The van der Waals surface area contributed by atoms with E-state index in [-0.39, 0.29) is 5.78 Å². The Morgan fingerprint density at radius 1 is 1.18 bits per heavy atom. The van der Waals surface area contributed by atoms with Crippen molar-refractivity contribution < 1.29 is 14.3 Å². The molecule has 2 aliphatic heterocycles. The third kappa shape index (κ3) is 1.91. The number of para-hydroxylation sites is 1. The van der Waals surface area contributed by atoms with Gasteiger partial charge >= 0.3 is 0 Å². The second-order valence-electron chi connectivity index (χ2n) is 4.07. The number of nitrogens with zero attached hydrogens (tertiary/aromatic N) is 1. The minimum Gasteiger partial charge on any atom is -0.451 e. The third-order valence-corrected chi connectivity index (χ3v) is 2.92. The van der Waals surface area contributed by atoms with Gasteiger partial charge in [0.1, 0.15) is 5.75 Å². The molecule has 2 aliphatic rings. The van der Waals surface area contributed by atoms with Crippen molar-refractivity contribution in [2.24, 2.45) is 0 Å². The Morgan fingerprint density at radius 3 is 2.71 bits per heavy atom. The topological polar surface area (TPSA) is 38.8 Å². The lowest BCUT2D eigenvalue weighted by Crippen LogP contribution is -2.32. The van der Waals surface area contributed by atoms with E-state index >= 15 is 0 Å². The first-order valence-corrected chi connectivity index (χ1v) is 5.70. The van der Waals surface area contributed by atoms with Crippen LogP contribution < -0.4 is 4.74 Å². The molecule has 1 aromatic rings. The van der Waals surface area contributed by atoms with Crippen molar-refractivity contribution in [1.29, 1.82) is 0 Å². The SMILES string of the molecule is O=C1/C(=C/N2CCOCC2)Oc2ccccc21. The van der Waals surface area contributed by atoms with Gasteiger partial charge in [-0.25, -0.2) is 0 Å². The molecule has 88 valence electrons. The van der Waals surface area contributed by atoms with Crippen molar-refractivity contribution in [1.82, 2.24) is 4.90 Å². The Morgan fingerprint density at radius 2 is 1.94 bits per heavy atom. The molecule has 0 radical (unpaired) electrons. The summed E-state index contributed by atoms with van der Waals surface area (Å²) >= 11 is 0. The molecule has 0 spiro atoms. The molecule has 0 N–H and O–H groups in total. The molecule has 4 nitrogen and oxygen atoms in total. The Kier molecular flexibility index (Phi) is 2.57. The van der Waals surface area contributed by atoms with E-state index in [4.69, 9.17) is 9.47 Å². The second kappa shape index (κ2) is 4.22. The predicted octanol–water partition coefficient (Wildman–Crippen LogP) is 1.44. The zero-order valence-electron chi connectivity index (χ0n) is 9.39. The van der Waals surface area contributed by atoms with Crippen LogP contribution in [0.25, 0.3) is 0 Å². The molecule has 3 rings (SSSR count). The van der Waals surface area contributed by atoms with Crippen molar-refractivity contribution in [2.75, 3.05) is 26.3 Å². The van der Waals surface area contributed by atoms with E-state index in [2.05, 4.69) is 4.90 Å². The van der Waals surface area contributed by atoms with Gasteiger partial charge in [-0.15, -0.1) is 0 Å². The number of allylic oxidation sites excluding steroid dienone is 1. The minimum absolute atomic E-state index is 0.0351. The summed E-state index contributed by atoms with van der Waals surface area (Å²) in [5.74, 6) is 1.03. The highest BCUT2D eigenvalue weighted by molar-refractivity contribution is 6.12. The van der Waals surface area contributed by atoms with Crippen LogP contribution in [0.1, 0.15) is 10.4 Å². The average Bonchev–Trinajstić information content (AvgIpc) is 2.68. The minimum atomic E-state index is -0.0351. The highest BCUT2D eigenvalue weighted by Gasteiger charge is 2.27. The Hall–Kier alpha value is -1.81. The lowest BCUT2D eigenvalue weighted by atomic mass is 10.1. The van der Waals surface area contributed by atoms with E-state index in [1.165, 1.54) is 0 Å². The van der Waals surface area contributed by atoms with Gasteiger partial charge in [-0.3, -0.25) is 4.79 Å². The molecule has 0 saturated carbocycles. The number of fused-ring (bicyclic) bond motifs is 1. The van der Waals surface area contributed by atoms with Gasteiger partial charge in [0.2, 0.25) is 5.78 Å². The molecule has 0 unspecified atom stereocenters. The van der Waals surface area contributed by atoms with Crippen molar-refractivity contribution in [3.8, 4) is 5.75 Å². The van der Waals surface area contributed by atoms with Crippen molar-refractivity contribution in [3.05, 3.63) is 41.8 Å². The molecule has 0 amide bonds. The van der Waals surface area contributed by atoms with Crippen LogP contribution >= 0.6 is 0 Å². The van der Waals surface area contributed by atoms with Crippen LogP contribution in [0.3, 0.4) is 0 Å². The molecular formula is C13H13NO3. The number of Topliss-reactive ketones (excluding diaryl/α,β-unsaturated/α-hetero) is 1. The highest BCUT2D eigenvalue weighted by Crippen LogP contribution is 2.30. The Labute approximate surface area is 99.4 Å². The molecule has 2 heterocycles. The first-order chi connectivity index (χ1) is 8.34. The van der Waals surface area contributed by atoms with Gasteiger partial charge in [-0.1, -0.05) is 12.1 Å². The van der Waals surface area contributed by atoms with Crippen LogP contribution in [-0.4, -0.2) is 37.0 Å². The second-order valence-corrected chi connectivity index (χ2v) is 4.07. The largest absolute Gasteiger partial charge is 0.451 e. The van der Waals surface area contributed by atoms with Gasteiger partial charge < -0.3 is 14.4 Å². The molecule has 1 fully saturated rings. The molecule has 0 aliphatic carbocycles. The number of carbonyl (C=O) groups is 1. The van der Waals surface area contributed by atoms with Gasteiger partial charge in [-0.2, -0.15) is 0 Å². The molecule has 0 bridgehead atoms. The zero-order chi connectivity index (χ0) is 11.7. The maximum Gasteiger partial charge on any atom is 0.233 e. The molecule has 1 saturated heterocycles. The average molecular weight is 231 g/mol. The lowest BCUT2D eigenvalue weighted by Gasteiger charge is -2.25. The van der Waals surface area contributed by atoms with E-state index in [1.807, 2.05) is 18.2 Å². The van der Waals surface area contributed by atoms with Gasteiger partial charge in [0.05, 0.1) is 18.8 Å². The summed E-state index contributed by atoms with van der Waals surface area (Å²) in [5, 5.41) is 0. The van der Waals surface area contributed by atoms with Crippen molar-refractivity contribution in [3.63, 3.8) is 0 Å². The van der Waals surface area contributed by atoms with Crippen molar-refractivity contribution in [2.45, 2.75) is 0 Å². The number of hydrogen-bond acceptors (Lipinski definition) is 4. The fourth-order valence-corrected chi connectivity index (χ4v) is 2.00. The predicted molar refractivity (Wildman–Crippen MR) is 61.9 cm³/mol. The van der Waals surface area contributed by atoms with Crippen LogP contribution in [0.5, 0.6) is 5.75 Å². The fourth-order valence-electron chi connectivity index (χ4n) is 2.00. The number of rotatable bonds is 1. The van der Waals surface area contributed by atoms with E-state index in [0.29, 0.717) is 30.3 Å². The third-order valence-electron chi connectivity index (χ3n) is 2.92. The van der Waals surface area contributed by atoms with Crippen LogP contribution in [0.4, 0.5) is 0 Å². The molecule has 0 atom stereocenters. The number of ether oxygens (including phenoxy) is 2. The van der Waals surface area contributed by atoms with Crippen LogP contribution in [0.15, 0.2) is 36.2 Å².